The number of aliphatic imine (C=N–C) groups is 1. The fourth-order valence-corrected chi connectivity index (χ4v) is 3.55. The molecular formula is C24H32N4O3. The van der Waals surface area contributed by atoms with Gasteiger partial charge >= 0.3 is 0 Å². The molecule has 1 atom stereocenters. The van der Waals surface area contributed by atoms with Crippen LogP contribution in [-0.4, -0.2) is 61.2 Å². The van der Waals surface area contributed by atoms with E-state index in [1.54, 1.807) is 12.1 Å². The molecule has 166 valence electrons. The third-order valence-electron chi connectivity index (χ3n) is 5.17. The molecule has 1 heterocycles. The van der Waals surface area contributed by atoms with E-state index in [2.05, 4.69) is 39.6 Å². The lowest BCUT2D eigenvalue weighted by Crippen LogP contribution is -2.40. The first-order chi connectivity index (χ1) is 15.2. The average molecular weight is 425 g/mol. The number of guanidine groups is 1. The summed E-state index contributed by atoms with van der Waals surface area (Å²) in [5.74, 6) is 1.34. The van der Waals surface area contributed by atoms with Gasteiger partial charge in [0, 0.05) is 37.7 Å². The van der Waals surface area contributed by atoms with Crippen molar-refractivity contribution in [2.75, 3.05) is 39.3 Å². The molecule has 7 heteroatoms. The summed E-state index contributed by atoms with van der Waals surface area (Å²) in [6, 6.07) is 16.4. The SMILES string of the molecule is CCNC(=NCCNC(=O)c1ccc(O)cc1)N1CCC(COCc2ccccc2)C1. The summed E-state index contributed by atoms with van der Waals surface area (Å²) >= 11 is 0. The molecular weight excluding hydrogens is 392 g/mol. The van der Waals surface area contributed by atoms with E-state index in [0.29, 0.717) is 31.2 Å². The lowest BCUT2D eigenvalue weighted by atomic mass is 10.1. The Kier molecular flexibility index (Phi) is 8.72. The molecule has 2 aromatic rings. The molecule has 1 aliphatic heterocycles. The summed E-state index contributed by atoms with van der Waals surface area (Å²) in [7, 11) is 0. The molecule has 2 aromatic carbocycles. The molecule has 0 bridgehead atoms. The maximum absolute atomic E-state index is 12.1. The Morgan fingerprint density at radius 1 is 1.16 bits per heavy atom. The van der Waals surface area contributed by atoms with E-state index in [1.807, 2.05) is 18.2 Å². The van der Waals surface area contributed by atoms with E-state index in [1.165, 1.54) is 17.7 Å². The molecule has 0 aromatic heterocycles. The molecule has 7 nitrogen and oxygen atoms in total. The molecule has 0 saturated carbocycles. The summed E-state index contributed by atoms with van der Waals surface area (Å²) in [6.45, 7) is 7.05. The highest BCUT2D eigenvalue weighted by molar-refractivity contribution is 5.94. The first-order valence-electron chi connectivity index (χ1n) is 10.9. The van der Waals surface area contributed by atoms with Gasteiger partial charge in [0.2, 0.25) is 0 Å². The molecule has 0 spiro atoms. The number of nitrogens with zero attached hydrogens (tertiary/aromatic N) is 2. The molecule has 1 saturated heterocycles. The van der Waals surface area contributed by atoms with Crippen LogP contribution in [0, 0.1) is 5.92 Å². The number of hydrogen-bond donors (Lipinski definition) is 3. The molecule has 1 fully saturated rings. The van der Waals surface area contributed by atoms with Gasteiger partial charge in [-0.3, -0.25) is 9.79 Å². The van der Waals surface area contributed by atoms with Crippen LogP contribution in [0.1, 0.15) is 29.3 Å². The maximum Gasteiger partial charge on any atom is 0.251 e. The number of benzene rings is 2. The molecule has 0 radical (unpaired) electrons. The van der Waals surface area contributed by atoms with E-state index < -0.39 is 0 Å². The normalized spacial score (nSPS) is 16.4. The van der Waals surface area contributed by atoms with E-state index in [9.17, 15) is 9.90 Å². The van der Waals surface area contributed by atoms with Gasteiger partial charge in [0.05, 0.1) is 19.8 Å². The first kappa shape index (κ1) is 22.6. The summed E-state index contributed by atoms with van der Waals surface area (Å²) < 4.78 is 5.92. The van der Waals surface area contributed by atoms with E-state index in [-0.39, 0.29) is 11.7 Å². The number of phenolic OH excluding ortho intramolecular Hbond substituents is 1. The standard InChI is InChI=1S/C24H32N4O3/c1-2-25-24(27-14-13-26-23(30)21-8-10-22(29)11-9-21)28-15-12-20(16-28)18-31-17-19-6-4-3-5-7-19/h3-11,20,29H,2,12-18H2,1H3,(H,25,27)(H,26,30). The van der Waals surface area contributed by atoms with Crippen LogP contribution < -0.4 is 10.6 Å². The third-order valence-corrected chi connectivity index (χ3v) is 5.17. The molecule has 1 aliphatic rings. The van der Waals surface area contributed by atoms with Gasteiger partial charge in [0.15, 0.2) is 5.96 Å². The van der Waals surface area contributed by atoms with Crippen LogP contribution in [0.2, 0.25) is 0 Å². The Balaban J connectivity index is 1.41. The quantitative estimate of drug-likeness (QED) is 0.327. The molecule has 3 N–H and O–H groups in total. The Labute approximate surface area is 184 Å². The molecule has 1 amide bonds. The minimum atomic E-state index is -0.169. The van der Waals surface area contributed by atoms with Crippen LogP contribution in [0.5, 0.6) is 5.75 Å². The summed E-state index contributed by atoms with van der Waals surface area (Å²) in [6.07, 6.45) is 1.08. The average Bonchev–Trinajstić information content (AvgIpc) is 3.26. The van der Waals surface area contributed by atoms with Crippen LogP contribution in [-0.2, 0) is 11.3 Å². The molecule has 3 rings (SSSR count). The second-order valence-corrected chi connectivity index (χ2v) is 7.64. The van der Waals surface area contributed by atoms with E-state index >= 15 is 0 Å². The predicted octanol–water partition coefficient (Wildman–Crippen LogP) is 2.63. The van der Waals surface area contributed by atoms with E-state index in [4.69, 9.17) is 4.74 Å². The Morgan fingerprint density at radius 3 is 2.68 bits per heavy atom. The van der Waals surface area contributed by atoms with Crippen molar-refractivity contribution in [3.8, 4) is 5.75 Å². The largest absolute Gasteiger partial charge is 0.508 e. The number of carbonyl (C=O) groups is 1. The highest BCUT2D eigenvalue weighted by Gasteiger charge is 2.25. The van der Waals surface area contributed by atoms with Crippen LogP contribution in [0.15, 0.2) is 59.6 Å². The topological polar surface area (TPSA) is 86.2 Å². The zero-order chi connectivity index (χ0) is 21.9. The molecule has 0 aliphatic carbocycles. The number of aromatic hydroxyl groups is 1. The number of ether oxygens (including phenoxy) is 1. The molecule has 1 unspecified atom stereocenters. The van der Waals surface area contributed by atoms with Gasteiger partial charge in [-0.1, -0.05) is 30.3 Å². The van der Waals surface area contributed by atoms with Crippen LogP contribution >= 0.6 is 0 Å². The van der Waals surface area contributed by atoms with E-state index in [0.717, 1.165) is 38.6 Å². The first-order valence-corrected chi connectivity index (χ1v) is 10.9. The number of likely N-dealkylation sites (tertiary alicyclic amines) is 1. The smallest absolute Gasteiger partial charge is 0.251 e. The van der Waals surface area contributed by atoms with Crippen LogP contribution in [0.4, 0.5) is 0 Å². The highest BCUT2D eigenvalue weighted by Crippen LogP contribution is 2.17. The fourth-order valence-electron chi connectivity index (χ4n) is 3.55. The lowest BCUT2D eigenvalue weighted by molar-refractivity contribution is 0.0906. The van der Waals surface area contributed by atoms with Gasteiger partial charge in [0.1, 0.15) is 5.75 Å². The van der Waals surface area contributed by atoms with Gasteiger partial charge in [-0.25, -0.2) is 0 Å². The van der Waals surface area contributed by atoms with Crippen molar-refractivity contribution in [2.45, 2.75) is 20.0 Å². The van der Waals surface area contributed by atoms with Crippen molar-refractivity contribution in [1.29, 1.82) is 0 Å². The van der Waals surface area contributed by atoms with Gasteiger partial charge in [-0.2, -0.15) is 0 Å². The van der Waals surface area contributed by atoms with Crippen LogP contribution in [0.25, 0.3) is 0 Å². The Morgan fingerprint density at radius 2 is 1.94 bits per heavy atom. The van der Waals surface area contributed by atoms with Gasteiger partial charge in [0.25, 0.3) is 5.91 Å². The summed E-state index contributed by atoms with van der Waals surface area (Å²) in [4.78, 5) is 19.1. The summed E-state index contributed by atoms with van der Waals surface area (Å²) in [5.41, 5.74) is 1.72. The number of phenols is 1. The van der Waals surface area contributed by atoms with Gasteiger partial charge in [-0.15, -0.1) is 0 Å². The monoisotopic (exact) mass is 424 g/mol. The number of nitrogens with one attached hydrogen (secondary N) is 2. The number of hydrogen-bond acceptors (Lipinski definition) is 4. The number of amides is 1. The second kappa shape index (κ2) is 12.0. The van der Waals surface area contributed by atoms with Crippen LogP contribution in [0.3, 0.4) is 0 Å². The number of rotatable bonds is 9. The third kappa shape index (κ3) is 7.29. The Bertz CT molecular complexity index is 840. The van der Waals surface area contributed by atoms with Crippen molar-refractivity contribution in [3.63, 3.8) is 0 Å². The zero-order valence-corrected chi connectivity index (χ0v) is 18.1. The second-order valence-electron chi connectivity index (χ2n) is 7.64. The predicted molar refractivity (Wildman–Crippen MR) is 122 cm³/mol. The highest BCUT2D eigenvalue weighted by atomic mass is 16.5. The zero-order valence-electron chi connectivity index (χ0n) is 18.1. The minimum Gasteiger partial charge on any atom is -0.508 e. The van der Waals surface area contributed by atoms with Gasteiger partial charge in [-0.05, 0) is 43.2 Å². The van der Waals surface area contributed by atoms with Crippen molar-refractivity contribution in [2.24, 2.45) is 10.9 Å². The van der Waals surface area contributed by atoms with Crippen molar-refractivity contribution in [3.05, 3.63) is 65.7 Å². The Hall–Kier alpha value is -3.06. The summed E-state index contributed by atoms with van der Waals surface area (Å²) in [5, 5.41) is 15.5. The van der Waals surface area contributed by atoms with Crippen molar-refractivity contribution < 1.29 is 14.6 Å². The fraction of sp³-hybridized carbons (Fsp3) is 0.417. The van der Waals surface area contributed by atoms with Gasteiger partial charge < -0.3 is 25.4 Å². The lowest BCUT2D eigenvalue weighted by Gasteiger charge is -2.21. The van der Waals surface area contributed by atoms with Crippen molar-refractivity contribution in [1.82, 2.24) is 15.5 Å². The van der Waals surface area contributed by atoms with Crippen molar-refractivity contribution >= 4 is 11.9 Å². The number of carbonyl (C=O) groups excluding carboxylic acids is 1. The minimum absolute atomic E-state index is 0.144. The maximum atomic E-state index is 12.1. The molecule has 31 heavy (non-hydrogen) atoms.